The summed E-state index contributed by atoms with van der Waals surface area (Å²) in [6, 6.07) is 12.1. The van der Waals surface area contributed by atoms with Crippen LogP contribution >= 0.6 is 0 Å². The molecule has 1 aliphatic heterocycles. The van der Waals surface area contributed by atoms with Crippen LogP contribution in [0.1, 0.15) is 47.3 Å². The van der Waals surface area contributed by atoms with Crippen molar-refractivity contribution in [1.29, 1.82) is 0 Å². The van der Waals surface area contributed by atoms with E-state index in [9.17, 15) is 14.0 Å². The number of halogens is 1. The van der Waals surface area contributed by atoms with Crippen LogP contribution in [0.5, 0.6) is 5.75 Å². The molecule has 0 fully saturated rings. The number of fused-ring (bicyclic) bond motifs is 2. The molecule has 0 bridgehead atoms. The highest BCUT2D eigenvalue weighted by molar-refractivity contribution is 6.15. The molecule has 0 unspecified atom stereocenters. The number of hydrogen-bond acceptors (Lipinski definition) is 3. The molecule has 0 saturated heterocycles. The van der Waals surface area contributed by atoms with Gasteiger partial charge in [0.2, 0.25) is 0 Å². The van der Waals surface area contributed by atoms with E-state index in [1.54, 1.807) is 6.07 Å². The van der Waals surface area contributed by atoms with Crippen LogP contribution in [0, 0.1) is 5.82 Å². The fourth-order valence-corrected chi connectivity index (χ4v) is 4.38. The van der Waals surface area contributed by atoms with Crippen molar-refractivity contribution in [3.63, 3.8) is 0 Å². The lowest BCUT2D eigenvalue weighted by Gasteiger charge is -2.17. The molecule has 6 heteroatoms. The van der Waals surface area contributed by atoms with Gasteiger partial charge in [0, 0.05) is 10.9 Å². The van der Waals surface area contributed by atoms with Crippen molar-refractivity contribution in [1.82, 2.24) is 0 Å². The number of anilines is 1. The Morgan fingerprint density at radius 3 is 2.55 bits per heavy atom. The Morgan fingerprint density at radius 2 is 1.90 bits per heavy atom. The van der Waals surface area contributed by atoms with Gasteiger partial charge in [-0.1, -0.05) is 43.7 Å². The van der Waals surface area contributed by atoms with E-state index in [2.05, 4.69) is 6.92 Å². The lowest BCUT2D eigenvalue weighted by molar-refractivity contribution is -0.136. The highest BCUT2D eigenvalue weighted by Crippen LogP contribution is 2.43. The van der Waals surface area contributed by atoms with Crippen LogP contribution in [0.4, 0.5) is 10.1 Å². The van der Waals surface area contributed by atoms with Crippen LogP contribution in [0.2, 0.25) is 0 Å². The summed E-state index contributed by atoms with van der Waals surface area (Å²) in [6.07, 6.45) is 1.33. The number of carbonyl (C=O) groups is 2. The lowest BCUT2D eigenvalue weighted by Crippen LogP contribution is -2.24. The number of hydrogen-bond donors (Lipinski definition) is 1. The molecule has 31 heavy (non-hydrogen) atoms. The zero-order chi connectivity index (χ0) is 22.1. The first kappa shape index (κ1) is 20.8. The van der Waals surface area contributed by atoms with Gasteiger partial charge in [-0.15, -0.1) is 0 Å². The SMILES string of the molecule is CCCc1c2c(c(OCC)c3ccccc13)CN(c1ccc(CC(=O)O)cc1F)C2=O. The summed E-state index contributed by atoms with van der Waals surface area (Å²) in [5.74, 6) is -1.23. The van der Waals surface area contributed by atoms with Crippen LogP contribution in [0.15, 0.2) is 42.5 Å². The maximum atomic E-state index is 14.9. The molecule has 1 N–H and O–H groups in total. The average Bonchev–Trinajstić information content (AvgIpc) is 3.07. The summed E-state index contributed by atoms with van der Waals surface area (Å²) < 4.78 is 20.9. The Hall–Kier alpha value is -3.41. The monoisotopic (exact) mass is 421 g/mol. The number of rotatable bonds is 7. The highest BCUT2D eigenvalue weighted by Gasteiger charge is 2.36. The largest absolute Gasteiger partial charge is 0.493 e. The molecule has 4 rings (SSSR count). The van der Waals surface area contributed by atoms with Crippen molar-refractivity contribution in [3.8, 4) is 5.75 Å². The normalized spacial score (nSPS) is 13.0. The third kappa shape index (κ3) is 3.63. The van der Waals surface area contributed by atoms with E-state index >= 15 is 0 Å². The molecule has 3 aromatic rings. The summed E-state index contributed by atoms with van der Waals surface area (Å²) >= 11 is 0. The van der Waals surface area contributed by atoms with Crippen molar-refractivity contribution in [2.75, 3.05) is 11.5 Å². The van der Waals surface area contributed by atoms with Crippen LogP contribution in [0.25, 0.3) is 10.8 Å². The molecule has 0 spiro atoms. The lowest BCUT2D eigenvalue weighted by atomic mass is 9.91. The van der Waals surface area contributed by atoms with E-state index in [-0.39, 0.29) is 24.6 Å². The minimum absolute atomic E-state index is 0.143. The standard InChI is InChI=1S/C25H24FNO4/c1-3-7-17-16-8-5-6-9-18(16)24(31-4-2)19-14-27(25(30)23(17)19)21-11-10-15(12-20(21)26)13-22(28)29/h5-6,8-12H,3-4,7,13-14H2,1-2H3,(H,28,29). The molecule has 0 saturated carbocycles. The van der Waals surface area contributed by atoms with Crippen molar-refractivity contribution < 1.29 is 23.8 Å². The Bertz CT molecular complexity index is 1190. The average molecular weight is 421 g/mol. The van der Waals surface area contributed by atoms with Gasteiger partial charge in [0.25, 0.3) is 5.91 Å². The summed E-state index contributed by atoms with van der Waals surface area (Å²) in [5.41, 5.74) is 2.84. The van der Waals surface area contributed by atoms with Crippen LogP contribution in [0.3, 0.4) is 0 Å². The van der Waals surface area contributed by atoms with Gasteiger partial charge in [-0.3, -0.25) is 9.59 Å². The van der Waals surface area contributed by atoms with Gasteiger partial charge in [0.05, 0.1) is 30.8 Å². The number of carbonyl (C=O) groups excluding carboxylic acids is 1. The fourth-order valence-electron chi connectivity index (χ4n) is 4.38. The van der Waals surface area contributed by atoms with Crippen LogP contribution in [-0.2, 0) is 24.2 Å². The summed E-state index contributed by atoms with van der Waals surface area (Å²) in [5, 5.41) is 10.9. The summed E-state index contributed by atoms with van der Waals surface area (Å²) in [4.78, 5) is 25.9. The fraction of sp³-hybridized carbons (Fsp3) is 0.280. The van der Waals surface area contributed by atoms with Crippen molar-refractivity contribution in [3.05, 3.63) is 70.5 Å². The quantitative estimate of drug-likeness (QED) is 0.575. The number of aryl methyl sites for hydroxylation is 1. The Kier molecular flexibility index (Phi) is 5.63. The zero-order valence-electron chi connectivity index (χ0n) is 17.6. The highest BCUT2D eigenvalue weighted by atomic mass is 19.1. The third-order valence-corrected chi connectivity index (χ3v) is 5.60. The summed E-state index contributed by atoms with van der Waals surface area (Å²) in [6.45, 7) is 4.63. The Labute approximate surface area is 180 Å². The van der Waals surface area contributed by atoms with Gasteiger partial charge in [-0.25, -0.2) is 4.39 Å². The van der Waals surface area contributed by atoms with Gasteiger partial charge in [-0.2, -0.15) is 0 Å². The second-order valence-corrected chi connectivity index (χ2v) is 7.64. The van der Waals surface area contributed by atoms with E-state index in [4.69, 9.17) is 9.84 Å². The number of aliphatic carboxylic acids is 1. The number of amides is 1. The van der Waals surface area contributed by atoms with E-state index < -0.39 is 11.8 Å². The number of carboxylic acid groups (broad SMARTS) is 1. The van der Waals surface area contributed by atoms with Crippen LogP contribution in [-0.4, -0.2) is 23.6 Å². The minimum atomic E-state index is -1.03. The van der Waals surface area contributed by atoms with Gasteiger partial charge < -0.3 is 14.7 Å². The molecule has 160 valence electrons. The maximum Gasteiger partial charge on any atom is 0.307 e. The first-order valence-corrected chi connectivity index (χ1v) is 10.5. The van der Waals surface area contributed by atoms with Crippen molar-refractivity contribution in [2.24, 2.45) is 0 Å². The molecule has 0 atom stereocenters. The smallest absolute Gasteiger partial charge is 0.307 e. The molecule has 0 aliphatic carbocycles. The number of benzene rings is 3. The van der Waals surface area contributed by atoms with E-state index in [0.29, 0.717) is 23.5 Å². The van der Waals surface area contributed by atoms with Crippen LogP contribution < -0.4 is 9.64 Å². The molecule has 5 nitrogen and oxygen atoms in total. The van der Waals surface area contributed by atoms with Crippen molar-refractivity contribution in [2.45, 2.75) is 39.7 Å². The zero-order valence-corrected chi connectivity index (χ0v) is 17.6. The molecule has 3 aromatic carbocycles. The predicted octanol–water partition coefficient (Wildman–Crippen LogP) is 5.12. The first-order chi connectivity index (χ1) is 15.0. The molecule has 1 amide bonds. The molecule has 1 aliphatic rings. The predicted molar refractivity (Wildman–Crippen MR) is 117 cm³/mol. The van der Waals surface area contributed by atoms with E-state index in [1.807, 2.05) is 31.2 Å². The second kappa shape index (κ2) is 8.38. The second-order valence-electron chi connectivity index (χ2n) is 7.64. The third-order valence-electron chi connectivity index (χ3n) is 5.60. The van der Waals surface area contributed by atoms with Crippen molar-refractivity contribution >= 4 is 28.3 Å². The molecule has 0 aromatic heterocycles. The topological polar surface area (TPSA) is 66.8 Å². The molecular weight excluding hydrogens is 397 g/mol. The van der Waals surface area contributed by atoms with Gasteiger partial charge in [-0.05, 0) is 42.0 Å². The number of nitrogens with zero attached hydrogens (tertiary/aromatic N) is 1. The van der Waals surface area contributed by atoms with Gasteiger partial charge in [0.15, 0.2) is 0 Å². The number of carboxylic acids is 1. The molecule has 0 radical (unpaired) electrons. The molecule has 1 heterocycles. The Morgan fingerprint density at radius 1 is 1.16 bits per heavy atom. The van der Waals surface area contributed by atoms with Gasteiger partial charge >= 0.3 is 5.97 Å². The first-order valence-electron chi connectivity index (χ1n) is 10.5. The molecular formula is C25H24FNO4. The summed E-state index contributed by atoms with van der Waals surface area (Å²) in [7, 11) is 0. The van der Waals surface area contributed by atoms with E-state index in [1.165, 1.54) is 17.0 Å². The van der Waals surface area contributed by atoms with Gasteiger partial charge in [0.1, 0.15) is 11.6 Å². The maximum absolute atomic E-state index is 14.9. The van der Waals surface area contributed by atoms with E-state index in [0.717, 1.165) is 34.7 Å². The minimum Gasteiger partial charge on any atom is -0.493 e. The Balaban J connectivity index is 1.86. The number of ether oxygens (including phenoxy) is 1.